The predicted molar refractivity (Wildman–Crippen MR) is 84.3 cm³/mol. The molecule has 2 fully saturated rings. The van der Waals surface area contributed by atoms with Crippen LogP contribution >= 0.6 is 0 Å². The number of hydrogen-bond acceptors (Lipinski definition) is 6. The van der Waals surface area contributed by atoms with Crippen LogP contribution < -0.4 is 5.32 Å². The van der Waals surface area contributed by atoms with Crippen molar-refractivity contribution >= 4 is 5.91 Å². The number of amides is 1. The molecule has 0 radical (unpaired) electrons. The van der Waals surface area contributed by atoms with E-state index < -0.39 is 49.0 Å². The lowest BCUT2D eigenvalue weighted by atomic mass is 9.95. The number of benzene rings is 1. The molecule has 6 atom stereocenters. The molecule has 0 spiro atoms. The first-order chi connectivity index (χ1) is 12.8. The van der Waals surface area contributed by atoms with Crippen LogP contribution in [0.3, 0.4) is 0 Å². The molecule has 2 saturated heterocycles. The second-order valence-electron chi connectivity index (χ2n) is 6.16. The predicted octanol–water partition coefficient (Wildman–Crippen LogP) is 1.27. The molecular weight excluding hydrogens is 371 g/mol. The quantitative estimate of drug-likeness (QED) is 0.804. The minimum absolute atomic E-state index is 0.0464. The zero-order chi connectivity index (χ0) is 19.6. The average Bonchev–Trinajstić information content (AvgIpc) is 2.64. The minimum atomic E-state index is -5.10. The van der Waals surface area contributed by atoms with E-state index in [9.17, 15) is 23.1 Å². The smallest absolute Gasteiger partial charge is 0.388 e. The van der Waals surface area contributed by atoms with E-state index in [-0.39, 0.29) is 13.2 Å². The van der Waals surface area contributed by atoms with Gasteiger partial charge in [0.2, 0.25) is 0 Å². The number of fused-ring (bicyclic) bond motifs is 1. The van der Waals surface area contributed by atoms with Crippen molar-refractivity contribution in [1.82, 2.24) is 5.32 Å². The summed E-state index contributed by atoms with van der Waals surface area (Å²) >= 11 is 0. The van der Waals surface area contributed by atoms with Gasteiger partial charge >= 0.3 is 12.1 Å². The number of nitrogens with one attached hydrogen (secondary N) is 1. The summed E-state index contributed by atoms with van der Waals surface area (Å²) in [6.45, 7) is 1.77. The number of aliphatic hydroxyl groups excluding tert-OH is 1. The van der Waals surface area contributed by atoms with Crippen LogP contribution in [0.5, 0.6) is 0 Å². The van der Waals surface area contributed by atoms with E-state index in [1.165, 1.54) is 0 Å². The monoisotopic (exact) mass is 391 g/mol. The summed E-state index contributed by atoms with van der Waals surface area (Å²) in [7, 11) is 0. The molecule has 2 aliphatic rings. The van der Waals surface area contributed by atoms with E-state index in [2.05, 4.69) is 0 Å². The highest BCUT2D eigenvalue weighted by molar-refractivity contribution is 5.82. The summed E-state index contributed by atoms with van der Waals surface area (Å²) in [5, 5.41) is 12.4. The van der Waals surface area contributed by atoms with Crippen LogP contribution in [0.1, 0.15) is 18.8 Å². The summed E-state index contributed by atoms with van der Waals surface area (Å²) in [6.07, 6.45) is -10.4. The fraction of sp³-hybridized carbons (Fsp3) is 0.588. The van der Waals surface area contributed by atoms with Crippen LogP contribution in [-0.4, -0.2) is 61.0 Å². The maximum absolute atomic E-state index is 12.6. The third kappa shape index (κ3) is 4.41. The maximum atomic E-state index is 12.6. The lowest BCUT2D eigenvalue weighted by molar-refractivity contribution is -0.344. The topological polar surface area (TPSA) is 86.2 Å². The van der Waals surface area contributed by atoms with Gasteiger partial charge in [0.15, 0.2) is 12.6 Å². The normalized spacial score (nSPS) is 34.0. The Morgan fingerprint density at radius 1 is 1.30 bits per heavy atom. The molecule has 3 unspecified atom stereocenters. The molecule has 0 bridgehead atoms. The number of ether oxygens (including phenoxy) is 4. The van der Waals surface area contributed by atoms with E-state index in [1.54, 1.807) is 36.5 Å². The number of carbonyl (C=O) groups is 1. The molecule has 27 heavy (non-hydrogen) atoms. The van der Waals surface area contributed by atoms with Crippen molar-refractivity contribution in [1.29, 1.82) is 0 Å². The van der Waals surface area contributed by atoms with Crippen molar-refractivity contribution in [3.8, 4) is 0 Å². The Hall–Kier alpha value is -1.72. The van der Waals surface area contributed by atoms with Gasteiger partial charge in [-0.2, -0.15) is 13.2 Å². The van der Waals surface area contributed by atoms with Crippen molar-refractivity contribution in [3.05, 3.63) is 35.9 Å². The standard InChI is InChI=1S/C17H20F3NO6/c1-2-24-15-11(21-16(23)17(18,19)20)12(22)13-10(26-15)8-25-14(27-13)9-6-4-3-5-7-9/h3-7,10-15,22H,2,8H2,1H3,(H,21,23)/t10?,11?,12-,13+,14?,15-/m1/s1. The van der Waals surface area contributed by atoms with E-state index in [4.69, 9.17) is 18.9 Å². The van der Waals surface area contributed by atoms with Crippen LogP contribution in [0.4, 0.5) is 13.2 Å². The highest BCUT2D eigenvalue weighted by atomic mass is 19.4. The molecule has 10 heteroatoms. The van der Waals surface area contributed by atoms with Crippen molar-refractivity contribution in [2.75, 3.05) is 13.2 Å². The molecule has 2 heterocycles. The summed E-state index contributed by atoms with van der Waals surface area (Å²) in [4.78, 5) is 11.4. The molecule has 1 aromatic rings. The fourth-order valence-corrected chi connectivity index (χ4v) is 3.06. The Balaban J connectivity index is 1.77. The fourth-order valence-electron chi connectivity index (χ4n) is 3.06. The van der Waals surface area contributed by atoms with Gasteiger partial charge in [-0.05, 0) is 6.92 Å². The maximum Gasteiger partial charge on any atom is 0.471 e. The van der Waals surface area contributed by atoms with Crippen molar-refractivity contribution in [3.63, 3.8) is 0 Å². The van der Waals surface area contributed by atoms with Crippen LogP contribution in [0.2, 0.25) is 0 Å². The zero-order valence-corrected chi connectivity index (χ0v) is 14.4. The summed E-state index contributed by atoms with van der Waals surface area (Å²) < 4.78 is 60.1. The van der Waals surface area contributed by atoms with E-state index in [0.29, 0.717) is 5.56 Å². The number of halogens is 3. The molecule has 1 amide bonds. The molecule has 150 valence electrons. The van der Waals surface area contributed by atoms with E-state index >= 15 is 0 Å². The first kappa shape index (κ1) is 20.0. The van der Waals surface area contributed by atoms with Crippen molar-refractivity contribution in [2.45, 2.75) is 50.0 Å². The molecule has 0 saturated carbocycles. The second kappa shape index (κ2) is 8.11. The van der Waals surface area contributed by atoms with Gasteiger partial charge in [0.25, 0.3) is 0 Å². The Morgan fingerprint density at radius 3 is 2.63 bits per heavy atom. The van der Waals surface area contributed by atoms with Gasteiger partial charge in [-0.3, -0.25) is 4.79 Å². The third-order valence-electron chi connectivity index (χ3n) is 4.32. The summed E-state index contributed by atoms with van der Waals surface area (Å²) in [5.41, 5.74) is 0.686. The van der Waals surface area contributed by atoms with Crippen molar-refractivity contribution < 1.29 is 42.0 Å². The molecule has 7 nitrogen and oxygen atoms in total. The van der Waals surface area contributed by atoms with Crippen LogP contribution in [-0.2, 0) is 23.7 Å². The van der Waals surface area contributed by atoms with E-state index in [0.717, 1.165) is 0 Å². The van der Waals surface area contributed by atoms with Crippen molar-refractivity contribution in [2.24, 2.45) is 0 Å². The lowest BCUT2D eigenvalue weighted by Crippen LogP contribution is -2.67. The van der Waals surface area contributed by atoms with Crippen LogP contribution in [0.15, 0.2) is 30.3 Å². The summed E-state index contributed by atoms with van der Waals surface area (Å²) in [5.74, 6) is -2.19. The largest absolute Gasteiger partial charge is 0.471 e. The Bertz CT molecular complexity index is 643. The van der Waals surface area contributed by atoms with Gasteiger partial charge in [-0.15, -0.1) is 0 Å². The SMILES string of the molecule is CCO[C@@H]1OC2COC(c3ccccc3)O[C@@H]2[C@H](O)C1NC(=O)C(F)(F)F. The van der Waals surface area contributed by atoms with Gasteiger partial charge in [-0.25, -0.2) is 0 Å². The number of carbonyl (C=O) groups excluding carboxylic acids is 1. The van der Waals surface area contributed by atoms with Gasteiger partial charge in [0.1, 0.15) is 24.4 Å². The highest BCUT2D eigenvalue weighted by Crippen LogP contribution is 2.34. The lowest BCUT2D eigenvalue weighted by Gasteiger charge is -2.47. The Labute approximate surface area is 153 Å². The first-order valence-electron chi connectivity index (χ1n) is 8.46. The molecule has 2 aliphatic heterocycles. The van der Waals surface area contributed by atoms with Gasteiger partial charge in [-0.1, -0.05) is 30.3 Å². The number of aliphatic hydroxyl groups is 1. The van der Waals surface area contributed by atoms with Gasteiger partial charge in [0, 0.05) is 12.2 Å². The third-order valence-corrected chi connectivity index (χ3v) is 4.32. The number of alkyl halides is 3. The second-order valence-corrected chi connectivity index (χ2v) is 6.16. The first-order valence-corrected chi connectivity index (χ1v) is 8.46. The van der Waals surface area contributed by atoms with Crippen LogP contribution in [0.25, 0.3) is 0 Å². The molecule has 0 aliphatic carbocycles. The number of rotatable bonds is 4. The molecule has 1 aromatic carbocycles. The summed E-state index contributed by atoms with van der Waals surface area (Å²) in [6, 6.07) is 7.43. The molecule has 0 aromatic heterocycles. The zero-order valence-electron chi connectivity index (χ0n) is 14.4. The average molecular weight is 391 g/mol. The van der Waals surface area contributed by atoms with Gasteiger partial charge in [0.05, 0.1) is 6.61 Å². The highest BCUT2D eigenvalue weighted by Gasteiger charge is 2.52. The van der Waals surface area contributed by atoms with Gasteiger partial charge < -0.3 is 29.4 Å². The number of hydrogen-bond donors (Lipinski definition) is 2. The Kier molecular flexibility index (Phi) is 6.02. The Morgan fingerprint density at radius 2 is 2.00 bits per heavy atom. The molecular formula is C17H20F3NO6. The van der Waals surface area contributed by atoms with Crippen LogP contribution in [0, 0.1) is 0 Å². The molecule has 2 N–H and O–H groups in total. The minimum Gasteiger partial charge on any atom is -0.388 e. The van der Waals surface area contributed by atoms with E-state index in [1.807, 2.05) is 6.07 Å². The molecule has 3 rings (SSSR count).